The summed E-state index contributed by atoms with van der Waals surface area (Å²) in [5, 5.41) is 14.2. The highest BCUT2D eigenvalue weighted by molar-refractivity contribution is 5.90. The van der Waals surface area contributed by atoms with E-state index in [1.54, 1.807) is 16.8 Å². The van der Waals surface area contributed by atoms with Crippen LogP contribution in [0.4, 0.5) is 0 Å². The number of nitrogens with zero attached hydrogens (tertiary/aromatic N) is 6. The second-order valence-corrected chi connectivity index (χ2v) is 5.39. The molecule has 5 rings (SSSR count). The molecule has 7 nitrogen and oxygen atoms in total. The van der Waals surface area contributed by atoms with E-state index in [-0.39, 0.29) is 11.1 Å². The van der Waals surface area contributed by atoms with Crippen LogP contribution in [0.1, 0.15) is 0 Å². The maximum absolute atomic E-state index is 12.9. The SMILES string of the molecule is O=c1c2nnc3ncnn3c2ccn1-c1cccc2ccccc12. The molecular formula is C17H10N6O. The molecule has 114 valence electrons. The maximum Gasteiger partial charge on any atom is 0.285 e. The van der Waals surface area contributed by atoms with Crippen molar-refractivity contribution in [1.29, 1.82) is 0 Å². The van der Waals surface area contributed by atoms with E-state index in [0.717, 1.165) is 16.5 Å². The van der Waals surface area contributed by atoms with Gasteiger partial charge in [0.25, 0.3) is 11.3 Å². The Kier molecular flexibility index (Phi) is 2.52. The van der Waals surface area contributed by atoms with Crippen molar-refractivity contribution < 1.29 is 0 Å². The Hall–Kier alpha value is -3.61. The molecule has 0 aliphatic heterocycles. The lowest BCUT2D eigenvalue weighted by Crippen LogP contribution is -2.20. The first-order chi connectivity index (χ1) is 11.8. The van der Waals surface area contributed by atoms with Gasteiger partial charge in [0.2, 0.25) is 0 Å². The average molecular weight is 314 g/mol. The zero-order valence-electron chi connectivity index (χ0n) is 12.4. The topological polar surface area (TPSA) is 78.0 Å². The number of aromatic nitrogens is 6. The molecule has 0 atom stereocenters. The monoisotopic (exact) mass is 314 g/mol. The number of fused-ring (bicyclic) bond motifs is 4. The molecule has 2 aromatic carbocycles. The van der Waals surface area contributed by atoms with Gasteiger partial charge in [-0.1, -0.05) is 36.4 Å². The molecule has 0 fully saturated rings. The third-order valence-electron chi connectivity index (χ3n) is 4.07. The smallest absolute Gasteiger partial charge is 0.282 e. The van der Waals surface area contributed by atoms with Crippen molar-refractivity contribution >= 4 is 27.6 Å². The molecule has 0 N–H and O–H groups in total. The Morgan fingerprint density at radius 2 is 1.79 bits per heavy atom. The van der Waals surface area contributed by atoms with E-state index in [1.807, 2.05) is 42.5 Å². The number of hydrogen-bond acceptors (Lipinski definition) is 5. The summed E-state index contributed by atoms with van der Waals surface area (Å²) in [4.78, 5) is 16.9. The summed E-state index contributed by atoms with van der Waals surface area (Å²) in [6.45, 7) is 0. The molecule has 0 amide bonds. The van der Waals surface area contributed by atoms with Gasteiger partial charge in [0.15, 0.2) is 5.52 Å². The minimum atomic E-state index is -0.242. The molecule has 0 saturated heterocycles. The molecule has 0 spiro atoms. The van der Waals surface area contributed by atoms with Crippen LogP contribution in [0.2, 0.25) is 0 Å². The summed E-state index contributed by atoms with van der Waals surface area (Å²) >= 11 is 0. The van der Waals surface area contributed by atoms with Gasteiger partial charge in [0, 0.05) is 11.6 Å². The summed E-state index contributed by atoms with van der Waals surface area (Å²) in [5.74, 6) is 0.366. The van der Waals surface area contributed by atoms with Crippen LogP contribution in [0, 0.1) is 0 Å². The normalized spacial score (nSPS) is 11.5. The molecule has 0 bridgehead atoms. The molecule has 0 radical (unpaired) electrons. The molecular weight excluding hydrogens is 304 g/mol. The van der Waals surface area contributed by atoms with E-state index in [1.165, 1.54) is 10.8 Å². The lowest BCUT2D eigenvalue weighted by atomic mass is 10.1. The number of benzene rings is 2. The van der Waals surface area contributed by atoms with E-state index in [2.05, 4.69) is 20.3 Å². The van der Waals surface area contributed by atoms with E-state index in [4.69, 9.17) is 0 Å². The van der Waals surface area contributed by atoms with Gasteiger partial charge in [-0.2, -0.15) is 14.6 Å². The van der Waals surface area contributed by atoms with Crippen molar-refractivity contribution in [2.75, 3.05) is 0 Å². The zero-order chi connectivity index (χ0) is 16.1. The predicted molar refractivity (Wildman–Crippen MR) is 89.2 cm³/mol. The Balaban J connectivity index is 1.88. The van der Waals surface area contributed by atoms with Gasteiger partial charge in [0.1, 0.15) is 11.8 Å². The third-order valence-corrected chi connectivity index (χ3v) is 4.07. The number of hydrogen-bond donors (Lipinski definition) is 0. The molecule has 5 aromatic rings. The minimum Gasteiger partial charge on any atom is -0.282 e. The molecule has 0 saturated carbocycles. The molecule has 7 heteroatoms. The van der Waals surface area contributed by atoms with Crippen LogP contribution in [-0.2, 0) is 0 Å². The van der Waals surface area contributed by atoms with Crippen molar-refractivity contribution in [2.45, 2.75) is 0 Å². The van der Waals surface area contributed by atoms with Crippen molar-refractivity contribution in [3.63, 3.8) is 0 Å². The fourth-order valence-corrected chi connectivity index (χ4v) is 2.96. The third kappa shape index (κ3) is 1.69. The highest BCUT2D eigenvalue weighted by Gasteiger charge is 2.12. The minimum absolute atomic E-state index is 0.242. The van der Waals surface area contributed by atoms with E-state index < -0.39 is 0 Å². The van der Waals surface area contributed by atoms with Gasteiger partial charge >= 0.3 is 0 Å². The summed E-state index contributed by atoms with van der Waals surface area (Å²) < 4.78 is 3.10. The molecule has 0 aliphatic carbocycles. The lowest BCUT2D eigenvalue weighted by molar-refractivity contribution is 0.916. The zero-order valence-corrected chi connectivity index (χ0v) is 12.4. The van der Waals surface area contributed by atoms with E-state index in [0.29, 0.717) is 11.3 Å². The molecule has 0 unspecified atom stereocenters. The Morgan fingerprint density at radius 3 is 2.75 bits per heavy atom. The van der Waals surface area contributed by atoms with Gasteiger partial charge in [0.05, 0.1) is 5.69 Å². The van der Waals surface area contributed by atoms with Crippen molar-refractivity contribution in [1.82, 2.24) is 29.4 Å². The highest BCUT2D eigenvalue weighted by Crippen LogP contribution is 2.21. The standard InChI is InChI=1S/C17H10N6O/c24-16-15-14(23-17(21-20-15)18-10-19-23)8-9-22(16)13-7-3-5-11-4-1-2-6-12(11)13/h1-10H. The van der Waals surface area contributed by atoms with E-state index >= 15 is 0 Å². The molecule has 3 aromatic heterocycles. The van der Waals surface area contributed by atoms with Crippen LogP contribution in [0.3, 0.4) is 0 Å². The van der Waals surface area contributed by atoms with Crippen LogP contribution in [-0.4, -0.2) is 29.4 Å². The first-order valence-corrected chi connectivity index (χ1v) is 7.39. The van der Waals surface area contributed by atoms with Crippen LogP contribution < -0.4 is 5.56 Å². The van der Waals surface area contributed by atoms with Crippen LogP contribution in [0.5, 0.6) is 0 Å². The Bertz CT molecular complexity index is 1280. The summed E-state index contributed by atoms with van der Waals surface area (Å²) in [6.07, 6.45) is 3.12. The van der Waals surface area contributed by atoms with Gasteiger partial charge < -0.3 is 0 Å². The first-order valence-electron chi connectivity index (χ1n) is 7.39. The maximum atomic E-state index is 12.9. The summed E-state index contributed by atoms with van der Waals surface area (Å²) in [7, 11) is 0. The average Bonchev–Trinajstić information content (AvgIpc) is 3.11. The van der Waals surface area contributed by atoms with Crippen molar-refractivity contribution in [3.8, 4) is 5.69 Å². The summed E-state index contributed by atoms with van der Waals surface area (Å²) in [5.41, 5.74) is 1.40. The quantitative estimate of drug-likeness (QED) is 0.473. The summed E-state index contributed by atoms with van der Waals surface area (Å²) in [6, 6.07) is 15.6. The van der Waals surface area contributed by atoms with Crippen molar-refractivity contribution in [2.24, 2.45) is 0 Å². The lowest BCUT2D eigenvalue weighted by Gasteiger charge is -2.10. The fraction of sp³-hybridized carbons (Fsp3) is 0. The largest absolute Gasteiger partial charge is 0.285 e. The van der Waals surface area contributed by atoms with Crippen molar-refractivity contribution in [3.05, 3.63) is 71.4 Å². The van der Waals surface area contributed by atoms with Crippen LogP contribution in [0.15, 0.2) is 65.8 Å². The van der Waals surface area contributed by atoms with Crippen LogP contribution >= 0.6 is 0 Å². The highest BCUT2D eigenvalue weighted by atomic mass is 16.1. The Morgan fingerprint density at radius 1 is 0.917 bits per heavy atom. The molecule has 0 aliphatic rings. The molecule has 3 heterocycles. The number of rotatable bonds is 1. The Labute approximate surface area is 134 Å². The fourth-order valence-electron chi connectivity index (χ4n) is 2.96. The van der Waals surface area contributed by atoms with Crippen LogP contribution in [0.25, 0.3) is 33.3 Å². The second-order valence-electron chi connectivity index (χ2n) is 5.39. The first kappa shape index (κ1) is 12.9. The van der Waals surface area contributed by atoms with Gasteiger partial charge in [-0.3, -0.25) is 9.36 Å². The number of pyridine rings is 1. The van der Waals surface area contributed by atoms with Gasteiger partial charge in [-0.05, 0) is 17.5 Å². The van der Waals surface area contributed by atoms with Gasteiger partial charge in [-0.25, -0.2) is 0 Å². The van der Waals surface area contributed by atoms with Gasteiger partial charge in [-0.15, -0.1) is 10.2 Å². The predicted octanol–water partition coefficient (Wildman–Crippen LogP) is 1.98. The van der Waals surface area contributed by atoms with E-state index in [9.17, 15) is 4.79 Å². The second kappa shape index (κ2) is 4.69. The molecule has 24 heavy (non-hydrogen) atoms.